The summed E-state index contributed by atoms with van der Waals surface area (Å²) in [5.74, 6) is -0.269. The second kappa shape index (κ2) is 5.48. The lowest BCUT2D eigenvalue weighted by molar-refractivity contribution is -0.384. The number of nitro groups is 1. The van der Waals surface area contributed by atoms with E-state index in [1.165, 1.54) is 30.3 Å². The zero-order valence-corrected chi connectivity index (χ0v) is 10.8. The number of rotatable bonds is 5. The van der Waals surface area contributed by atoms with Crippen LogP contribution in [0.5, 0.6) is 0 Å². The normalized spacial score (nSPS) is 10.2. The maximum Gasteiger partial charge on any atom is 0.269 e. The van der Waals surface area contributed by atoms with Gasteiger partial charge in [-0.05, 0) is 25.1 Å². The summed E-state index contributed by atoms with van der Waals surface area (Å²) < 4.78 is 1.67. The molecule has 0 aliphatic rings. The van der Waals surface area contributed by atoms with E-state index < -0.39 is 4.92 Å². The number of hydrogen-bond donors (Lipinski definition) is 0. The van der Waals surface area contributed by atoms with Crippen molar-refractivity contribution < 1.29 is 14.5 Å². The third kappa shape index (κ3) is 2.49. The molecule has 0 fully saturated rings. The molecule has 0 unspecified atom stereocenters. The van der Waals surface area contributed by atoms with Crippen LogP contribution in [-0.4, -0.2) is 21.6 Å². The van der Waals surface area contributed by atoms with E-state index in [0.29, 0.717) is 29.7 Å². The molecule has 6 heteroatoms. The van der Waals surface area contributed by atoms with Gasteiger partial charge in [0.1, 0.15) is 0 Å². The number of hydrogen-bond acceptors (Lipinski definition) is 4. The number of nitro benzene ring substituents is 1. The van der Waals surface area contributed by atoms with Crippen LogP contribution in [0.4, 0.5) is 5.69 Å². The first kappa shape index (κ1) is 13.7. The van der Waals surface area contributed by atoms with Crippen LogP contribution in [0.3, 0.4) is 0 Å². The highest BCUT2D eigenvalue weighted by Crippen LogP contribution is 2.17. The van der Waals surface area contributed by atoms with Gasteiger partial charge in [0.25, 0.3) is 5.69 Å². The number of carbonyl (C=O) groups is 2. The molecule has 1 aromatic heterocycles. The van der Waals surface area contributed by atoms with E-state index in [1.807, 2.05) is 6.92 Å². The van der Waals surface area contributed by atoms with E-state index >= 15 is 0 Å². The fourth-order valence-electron chi connectivity index (χ4n) is 1.93. The average molecular weight is 272 g/mol. The molecule has 0 saturated carbocycles. The van der Waals surface area contributed by atoms with Crippen LogP contribution in [0.25, 0.3) is 0 Å². The second-order valence-electron chi connectivity index (χ2n) is 4.20. The zero-order chi connectivity index (χ0) is 14.7. The largest absolute Gasteiger partial charge is 0.344 e. The smallest absolute Gasteiger partial charge is 0.269 e. The molecule has 102 valence electrons. The fourth-order valence-corrected chi connectivity index (χ4v) is 1.93. The summed E-state index contributed by atoms with van der Waals surface area (Å²) in [5.41, 5.74) is 1.10. The van der Waals surface area contributed by atoms with Crippen molar-refractivity contribution in [2.24, 2.45) is 0 Å². The molecule has 1 aromatic carbocycles. The number of nitrogens with zero attached hydrogens (tertiary/aromatic N) is 2. The quantitative estimate of drug-likeness (QED) is 0.362. The lowest BCUT2D eigenvalue weighted by Crippen LogP contribution is -2.08. The summed E-state index contributed by atoms with van der Waals surface area (Å²) in [5, 5.41) is 10.6. The number of benzene rings is 1. The lowest BCUT2D eigenvalue weighted by atomic mass is 10.1. The van der Waals surface area contributed by atoms with E-state index in [9.17, 15) is 19.7 Å². The topological polar surface area (TPSA) is 82.2 Å². The molecule has 1 heterocycles. The van der Waals surface area contributed by atoms with Crippen molar-refractivity contribution in [2.75, 3.05) is 0 Å². The van der Waals surface area contributed by atoms with Crippen LogP contribution < -0.4 is 0 Å². The number of ketones is 1. The van der Waals surface area contributed by atoms with E-state index in [-0.39, 0.29) is 11.5 Å². The predicted octanol–water partition coefficient (Wildman–Crippen LogP) is 2.46. The monoisotopic (exact) mass is 272 g/mol. The Morgan fingerprint density at radius 3 is 2.50 bits per heavy atom. The van der Waals surface area contributed by atoms with Crippen molar-refractivity contribution in [2.45, 2.75) is 13.5 Å². The minimum absolute atomic E-state index is 0.0685. The number of carbonyl (C=O) groups excluding carboxylic acids is 2. The van der Waals surface area contributed by atoms with Crippen molar-refractivity contribution >= 4 is 17.8 Å². The summed E-state index contributed by atoms with van der Waals surface area (Å²) >= 11 is 0. The Labute approximate surface area is 114 Å². The van der Waals surface area contributed by atoms with Crippen molar-refractivity contribution in [3.63, 3.8) is 0 Å². The number of non-ortho nitro benzene ring substituents is 1. The van der Waals surface area contributed by atoms with E-state index in [1.54, 1.807) is 10.8 Å². The molecule has 2 rings (SSSR count). The summed E-state index contributed by atoms with van der Waals surface area (Å²) in [6.45, 7) is 2.42. The van der Waals surface area contributed by atoms with Gasteiger partial charge in [0, 0.05) is 36.0 Å². The van der Waals surface area contributed by atoms with Crippen molar-refractivity contribution in [1.29, 1.82) is 0 Å². The SMILES string of the molecule is CCn1cc(C=O)cc1C(=O)c1ccc([N+](=O)[O-])cc1. The third-order valence-corrected chi connectivity index (χ3v) is 2.97. The van der Waals surface area contributed by atoms with Gasteiger partial charge in [0.2, 0.25) is 5.78 Å². The summed E-state index contributed by atoms with van der Waals surface area (Å²) in [6, 6.07) is 6.91. The molecule has 6 nitrogen and oxygen atoms in total. The van der Waals surface area contributed by atoms with Crippen molar-refractivity contribution in [1.82, 2.24) is 4.57 Å². The molecule has 2 aromatic rings. The van der Waals surface area contributed by atoms with Crippen LogP contribution in [0.2, 0.25) is 0 Å². The van der Waals surface area contributed by atoms with Crippen LogP contribution in [0, 0.1) is 10.1 Å². The first-order valence-electron chi connectivity index (χ1n) is 6.01. The minimum atomic E-state index is -0.520. The van der Waals surface area contributed by atoms with Gasteiger partial charge >= 0.3 is 0 Å². The highest BCUT2D eigenvalue weighted by molar-refractivity contribution is 6.08. The van der Waals surface area contributed by atoms with Crippen LogP contribution in [0.15, 0.2) is 36.5 Å². The molecule has 0 spiro atoms. The highest BCUT2D eigenvalue weighted by Gasteiger charge is 2.16. The molecular formula is C14H12N2O4. The average Bonchev–Trinajstić information content (AvgIpc) is 2.90. The maximum atomic E-state index is 12.3. The Balaban J connectivity index is 2.37. The van der Waals surface area contributed by atoms with Crippen molar-refractivity contribution in [3.05, 3.63) is 63.5 Å². The molecule has 0 aliphatic carbocycles. The summed E-state index contributed by atoms with van der Waals surface area (Å²) in [4.78, 5) is 33.1. The minimum Gasteiger partial charge on any atom is -0.344 e. The highest BCUT2D eigenvalue weighted by atomic mass is 16.6. The summed E-state index contributed by atoms with van der Waals surface area (Å²) in [7, 11) is 0. The molecular weight excluding hydrogens is 260 g/mol. The van der Waals surface area contributed by atoms with E-state index in [0.717, 1.165) is 0 Å². The van der Waals surface area contributed by atoms with Gasteiger partial charge in [0.15, 0.2) is 6.29 Å². The Bertz CT molecular complexity index is 671. The molecule has 0 aliphatic heterocycles. The van der Waals surface area contributed by atoms with Gasteiger partial charge in [-0.2, -0.15) is 0 Å². The summed E-state index contributed by atoms with van der Waals surface area (Å²) in [6.07, 6.45) is 2.28. The van der Waals surface area contributed by atoms with Gasteiger partial charge < -0.3 is 4.57 Å². The van der Waals surface area contributed by atoms with E-state index in [2.05, 4.69) is 0 Å². The number of aldehydes is 1. The third-order valence-electron chi connectivity index (χ3n) is 2.97. The number of aromatic nitrogens is 1. The van der Waals surface area contributed by atoms with Crippen LogP contribution >= 0.6 is 0 Å². The van der Waals surface area contributed by atoms with Crippen molar-refractivity contribution in [3.8, 4) is 0 Å². The standard InChI is InChI=1S/C14H12N2O4/c1-2-15-8-10(9-17)7-13(15)14(18)11-3-5-12(6-4-11)16(19)20/h3-9H,2H2,1H3. The fraction of sp³-hybridized carbons (Fsp3) is 0.143. The Morgan fingerprint density at radius 1 is 1.35 bits per heavy atom. The molecule has 0 bridgehead atoms. The van der Waals surface area contributed by atoms with Gasteiger partial charge in [0.05, 0.1) is 10.6 Å². The van der Waals surface area contributed by atoms with Gasteiger partial charge in [-0.25, -0.2) is 0 Å². The first-order valence-corrected chi connectivity index (χ1v) is 6.01. The first-order chi connectivity index (χ1) is 9.56. The molecule has 20 heavy (non-hydrogen) atoms. The Hall–Kier alpha value is -2.76. The zero-order valence-electron chi connectivity index (χ0n) is 10.8. The second-order valence-corrected chi connectivity index (χ2v) is 4.20. The predicted molar refractivity (Wildman–Crippen MR) is 72.0 cm³/mol. The molecule has 0 radical (unpaired) electrons. The molecule has 0 atom stereocenters. The maximum absolute atomic E-state index is 12.3. The Morgan fingerprint density at radius 2 is 2.00 bits per heavy atom. The van der Waals surface area contributed by atoms with Gasteiger partial charge in [-0.15, -0.1) is 0 Å². The lowest BCUT2D eigenvalue weighted by Gasteiger charge is -2.05. The van der Waals surface area contributed by atoms with Crippen LogP contribution in [-0.2, 0) is 6.54 Å². The van der Waals surface area contributed by atoms with E-state index in [4.69, 9.17) is 0 Å². The molecule has 0 N–H and O–H groups in total. The number of aryl methyl sites for hydroxylation is 1. The van der Waals surface area contributed by atoms with Gasteiger partial charge in [-0.1, -0.05) is 0 Å². The van der Waals surface area contributed by atoms with Crippen LogP contribution in [0.1, 0.15) is 33.3 Å². The molecule has 0 saturated heterocycles. The van der Waals surface area contributed by atoms with Gasteiger partial charge in [-0.3, -0.25) is 19.7 Å². The Kier molecular flexibility index (Phi) is 3.74. The molecule has 0 amide bonds.